The second-order valence-corrected chi connectivity index (χ2v) is 8.03. The Balaban J connectivity index is 2.86. The molecule has 0 heterocycles. The predicted octanol–water partition coefficient (Wildman–Crippen LogP) is 4.03. The van der Waals surface area contributed by atoms with Gasteiger partial charge in [-0.2, -0.15) is 0 Å². The number of ether oxygens (including phenoxy) is 1. The van der Waals surface area contributed by atoms with Gasteiger partial charge in [-0.15, -0.1) is 0 Å². The van der Waals surface area contributed by atoms with Crippen LogP contribution in [0.4, 0.5) is 16.2 Å². The van der Waals surface area contributed by atoms with Gasteiger partial charge < -0.3 is 20.7 Å². The molecule has 1 atom stereocenters. The van der Waals surface area contributed by atoms with Crippen molar-refractivity contribution in [3.05, 3.63) is 23.2 Å². The van der Waals surface area contributed by atoms with Crippen LogP contribution in [0.3, 0.4) is 0 Å². The number of carbonyl (C=O) groups is 3. The largest absolute Gasteiger partial charge is 0.444 e. The van der Waals surface area contributed by atoms with Gasteiger partial charge >= 0.3 is 6.09 Å². The van der Waals surface area contributed by atoms with Crippen molar-refractivity contribution in [3.8, 4) is 0 Å². The van der Waals surface area contributed by atoms with Gasteiger partial charge in [0.15, 0.2) is 0 Å². The Morgan fingerprint density at radius 3 is 2.26 bits per heavy atom. The Bertz CT molecular complexity index is 699. The van der Waals surface area contributed by atoms with Crippen LogP contribution in [0.1, 0.15) is 41.5 Å². The number of alkyl carbamates (subject to hydrolysis) is 1. The van der Waals surface area contributed by atoms with E-state index in [2.05, 4.69) is 16.0 Å². The smallest absolute Gasteiger partial charge is 0.407 e. The van der Waals surface area contributed by atoms with E-state index in [0.717, 1.165) is 0 Å². The standard InChI is InChI=1S/C19H28ClN3O4/c1-11(2)14(10-21-18(26)27-19(4,5)6)17(25)23-16-9-13(20)7-8-15(16)22-12(3)24/h7-9,11,14H,10H2,1-6H3,(H,21,26)(H,22,24)(H,23,25)/t14-/m1/s1. The Kier molecular flexibility index (Phi) is 8.09. The number of benzene rings is 1. The minimum absolute atomic E-state index is 0.0386. The fourth-order valence-electron chi connectivity index (χ4n) is 2.28. The lowest BCUT2D eigenvalue weighted by Crippen LogP contribution is -2.40. The van der Waals surface area contributed by atoms with Crippen LogP contribution < -0.4 is 16.0 Å². The molecule has 0 bridgehead atoms. The van der Waals surface area contributed by atoms with Crippen LogP contribution in [-0.2, 0) is 14.3 Å². The molecule has 1 rings (SSSR count). The lowest BCUT2D eigenvalue weighted by molar-refractivity contribution is -0.121. The summed E-state index contributed by atoms with van der Waals surface area (Å²) in [5.74, 6) is -1.10. The van der Waals surface area contributed by atoms with Gasteiger partial charge in [-0.05, 0) is 44.9 Å². The zero-order chi connectivity index (χ0) is 20.8. The first-order valence-electron chi connectivity index (χ1n) is 8.74. The molecule has 3 amide bonds. The quantitative estimate of drug-likeness (QED) is 0.675. The normalized spacial score (nSPS) is 12.3. The van der Waals surface area contributed by atoms with Crippen molar-refractivity contribution in [1.82, 2.24) is 5.32 Å². The van der Waals surface area contributed by atoms with Crippen molar-refractivity contribution in [3.63, 3.8) is 0 Å². The Hall–Kier alpha value is -2.28. The average Bonchev–Trinajstić information content (AvgIpc) is 2.47. The first-order valence-corrected chi connectivity index (χ1v) is 9.11. The van der Waals surface area contributed by atoms with Gasteiger partial charge in [-0.3, -0.25) is 9.59 Å². The molecule has 0 saturated heterocycles. The monoisotopic (exact) mass is 397 g/mol. The first-order chi connectivity index (χ1) is 12.4. The molecule has 0 aliphatic heterocycles. The molecule has 27 heavy (non-hydrogen) atoms. The van der Waals surface area contributed by atoms with Crippen LogP contribution in [0.25, 0.3) is 0 Å². The van der Waals surface area contributed by atoms with Crippen molar-refractivity contribution < 1.29 is 19.1 Å². The number of rotatable bonds is 6. The van der Waals surface area contributed by atoms with Crippen LogP contribution >= 0.6 is 11.6 Å². The molecule has 0 unspecified atom stereocenters. The van der Waals surface area contributed by atoms with Crippen LogP contribution in [-0.4, -0.2) is 30.1 Å². The predicted molar refractivity (Wildman–Crippen MR) is 107 cm³/mol. The van der Waals surface area contributed by atoms with E-state index in [1.807, 2.05) is 13.8 Å². The lowest BCUT2D eigenvalue weighted by atomic mass is 9.94. The summed E-state index contributed by atoms with van der Waals surface area (Å²) in [5, 5.41) is 8.48. The SMILES string of the molecule is CC(=O)Nc1ccc(Cl)cc1NC(=O)[C@H](CNC(=O)OC(C)(C)C)C(C)C. The molecule has 0 radical (unpaired) electrons. The molecule has 0 fully saturated rings. The Labute approximate surface area is 165 Å². The first kappa shape index (κ1) is 22.8. The second kappa shape index (κ2) is 9.60. The summed E-state index contributed by atoms with van der Waals surface area (Å²) in [6.45, 7) is 10.6. The maximum Gasteiger partial charge on any atom is 0.407 e. The van der Waals surface area contributed by atoms with Crippen molar-refractivity contribution in [2.45, 2.75) is 47.1 Å². The molecule has 7 nitrogen and oxygen atoms in total. The van der Waals surface area contributed by atoms with Crippen molar-refractivity contribution >= 4 is 40.9 Å². The third kappa shape index (κ3) is 8.30. The summed E-state index contributed by atoms with van der Waals surface area (Å²) in [6.07, 6.45) is -0.581. The Morgan fingerprint density at radius 2 is 1.74 bits per heavy atom. The van der Waals surface area contributed by atoms with Gasteiger partial charge in [0, 0.05) is 18.5 Å². The Morgan fingerprint density at radius 1 is 1.11 bits per heavy atom. The molecule has 150 valence electrons. The van der Waals surface area contributed by atoms with Crippen LogP contribution in [0.5, 0.6) is 0 Å². The molecule has 0 aliphatic carbocycles. The van der Waals surface area contributed by atoms with E-state index >= 15 is 0 Å². The topological polar surface area (TPSA) is 96.5 Å². The van der Waals surface area contributed by atoms with Gasteiger partial charge in [-0.25, -0.2) is 4.79 Å². The van der Waals surface area contributed by atoms with Gasteiger partial charge in [0.1, 0.15) is 5.60 Å². The molecular formula is C19H28ClN3O4. The minimum atomic E-state index is -0.617. The van der Waals surface area contributed by atoms with E-state index in [1.54, 1.807) is 39.0 Å². The van der Waals surface area contributed by atoms with E-state index in [1.165, 1.54) is 6.92 Å². The summed E-state index contributed by atoms with van der Waals surface area (Å²) in [7, 11) is 0. The molecule has 0 saturated carbocycles. The molecular weight excluding hydrogens is 370 g/mol. The van der Waals surface area contributed by atoms with Crippen molar-refractivity contribution in [2.75, 3.05) is 17.2 Å². The number of amides is 3. The van der Waals surface area contributed by atoms with Gasteiger partial charge in [0.05, 0.1) is 17.3 Å². The average molecular weight is 398 g/mol. The molecule has 3 N–H and O–H groups in total. The van der Waals surface area contributed by atoms with Gasteiger partial charge in [0.25, 0.3) is 0 Å². The summed E-state index contributed by atoms with van der Waals surface area (Å²) in [6, 6.07) is 4.79. The molecule has 1 aromatic carbocycles. The number of halogens is 1. The molecule has 0 aliphatic rings. The van der Waals surface area contributed by atoms with E-state index in [4.69, 9.17) is 16.3 Å². The van der Waals surface area contributed by atoms with Crippen LogP contribution in [0.15, 0.2) is 18.2 Å². The second-order valence-electron chi connectivity index (χ2n) is 7.59. The molecule has 1 aromatic rings. The van der Waals surface area contributed by atoms with Gasteiger partial charge in [-0.1, -0.05) is 25.4 Å². The number of anilines is 2. The fourth-order valence-corrected chi connectivity index (χ4v) is 2.45. The van der Waals surface area contributed by atoms with E-state index < -0.39 is 17.6 Å². The number of hydrogen-bond donors (Lipinski definition) is 3. The summed E-state index contributed by atoms with van der Waals surface area (Å²) in [5.41, 5.74) is 0.224. The summed E-state index contributed by atoms with van der Waals surface area (Å²) < 4.78 is 5.20. The third-order valence-electron chi connectivity index (χ3n) is 3.56. The van der Waals surface area contributed by atoms with Crippen LogP contribution in [0.2, 0.25) is 5.02 Å². The maximum absolute atomic E-state index is 12.7. The van der Waals surface area contributed by atoms with E-state index in [9.17, 15) is 14.4 Å². The fraction of sp³-hybridized carbons (Fsp3) is 0.526. The number of carbonyl (C=O) groups excluding carboxylic acids is 3. The van der Waals surface area contributed by atoms with Crippen LogP contribution in [0, 0.1) is 11.8 Å². The zero-order valence-corrected chi connectivity index (χ0v) is 17.4. The molecule has 0 aromatic heterocycles. The minimum Gasteiger partial charge on any atom is -0.444 e. The molecule has 8 heteroatoms. The summed E-state index contributed by atoms with van der Waals surface area (Å²) >= 11 is 6.01. The highest BCUT2D eigenvalue weighted by Crippen LogP contribution is 2.27. The molecule has 0 spiro atoms. The lowest BCUT2D eigenvalue weighted by Gasteiger charge is -2.24. The highest BCUT2D eigenvalue weighted by molar-refractivity contribution is 6.31. The number of nitrogens with one attached hydrogen (secondary N) is 3. The van der Waals surface area contributed by atoms with E-state index in [0.29, 0.717) is 16.4 Å². The van der Waals surface area contributed by atoms with E-state index in [-0.39, 0.29) is 24.3 Å². The number of hydrogen-bond acceptors (Lipinski definition) is 4. The summed E-state index contributed by atoms with van der Waals surface area (Å²) in [4.78, 5) is 36.0. The third-order valence-corrected chi connectivity index (χ3v) is 3.79. The highest BCUT2D eigenvalue weighted by Gasteiger charge is 2.25. The highest BCUT2D eigenvalue weighted by atomic mass is 35.5. The van der Waals surface area contributed by atoms with Crippen molar-refractivity contribution in [2.24, 2.45) is 11.8 Å². The maximum atomic E-state index is 12.7. The van der Waals surface area contributed by atoms with Gasteiger partial charge in [0.2, 0.25) is 11.8 Å². The zero-order valence-electron chi connectivity index (χ0n) is 16.6. The van der Waals surface area contributed by atoms with Crippen molar-refractivity contribution in [1.29, 1.82) is 0 Å².